The fourth-order valence-corrected chi connectivity index (χ4v) is 3.56. The van der Waals surface area contributed by atoms with E-state index in [9.17, 15) is 22.0 Å². The van der Waals surface area contributed by atoms with Crippen LogP contribution >= 0.6 is 0 Å². The summed E-state index contributed by atoms with van der Waals surface area (Å²) in [5.74, 6) is -5.56. The third-order valence-electron chi connectivity index (χ3n) is 4.70. The summed E-state index contributed by atoms with van der Waals surface area (Å²) in [6, 6.07) is 8.16. The molecule has 1 heterocycles. The molecule has 0 bridgehead atoms. The molecule has 1 aliphatic rings. The number of nitrogens with zero attached hydrogens (tertiary/aromatic N) is 1. The summed E-state index contributed by atoms with van der Waals surface area (Å²) in [4.78, 5) is 13.7. The third kappa shape index (κ3) is 4.91. The fraction of sp³-hybridized carbons (Fsp3) is 0.588. The van der Waals surface area contributed by atoms with E-state index in [0.717, 1.165) is 11.8 Å². The second-order valence-electron chi connectivity index (χ2n) is 6.74. The number of ether oxygens (including phenoxy) is 1. The van der Waals surface area contributed by atoms with Crippen molar-refractivity contribution in [1.29, 1.82) is 0 Å². The van der Waals surface area contributed by atoms with Gasteiger partial charge in [0, 0.05) is 25.0 Å². The Morgan fingerprint density at radius 3 is 2.50 bits per heavy atom. The molecule has 3 atom stereocenters. The van der Waals surface area contributed by atoms with Crippen LogP contribution in [0.4, 0.5) is 13.6 Å². The van der Waals surface area contributed by atoms with Crippen LogP contribution < -0.4 is 4.72 Å². The zero-order valence-electron chi connectivity index (χ0n) is 15.0. The predicted molar refractivity (Wildman–Crippen MR) is 93.2 cm³/mol. The van der Waals surface area contributed by atoms with Gasteiger partial charge in [-0.15, -0.1) is 0 Å². The molecule has 1 fully saturated rings. The van der Waals surface area contributed by atoms with Gasteiger partial charge in [-0.25, -0.2) is 26.7 Å². The summed E-state index contributed by atoms with van der Waals surface area (Å²) >= 11 is 0. The molecule has 3 unspecified atom stereocenters. The zero-order valence-corrected chi connectivity index (χ0v) is 15.8. The molecule has 0 saturated carbocycles. The molecule has 1 aliphatic heterocycles. The van der Waals surface area contributed by atoms with Gasteiger partial charge in [-0.05, 0) is 12.5 Å². The van der Waals surface area contributed by atoms with E-state index in [-0.39, 0.29) is 13.2 Å². The monoisotopic (exact) mass is 390 g/mol. The first kappa shape index (κ1) is 20.6. The maximum Gasteiger partial charge on any atom is 0.410 e. The molecule has 0 aliphatic carbocycles. The molecule has 2 rings (SSSR count). The number of hydrogen-bond acceptors (Lipinski definition) is 4. The molecule has 1 amide bonds. The lowest BCUT2D eigenvalue weighted by molar-refractivity contribution is -0.156. The van der Waals surface area contributed by atoms with Gasteiger partial charge in [0.1, 0.15) is 6.61 Å². The van der Waals surface area contributed by atoms with Crippen molar-refractivity contribution in [2.75, 3.05) is 19.3 Å². The van der Waals surface area contributed by atoms with Gasteiger partial charge in [-0.3, -0.25) is 0 Å². The Labute approximate surface area is 152 Å². The van der Waals surface area contributed by atoms with Crippen molar-refractivity contribution in [3.63, 3.8) is 0 Å². The average Bonchev–Trinajstić information content (AvgIpc) is 2.55. The highest BCUT2D eigenvalue weighted by Crippen LogP contribution is 2.41. The smallest absolute Gasteiger partial charge is 0.410 e. The first-order valence-electron chi connectivity index (χ1n) is 8.32. The van der Waals surface area contributed by atoms with Crippen LogP contribution in [0.2, 0.25) is 0 Å². The van der Waals surface area contributed by atoms with Crippen molar-refractivity contribution < 1.29 is 26.7 Å². The molecule has 26 heavy (non-hydrogen) atoms. The quantitative estimate of drug-likeness (QED) is 0.838. The Morgan fingerprint density at radius 1 is 1.31 bits per heavy atom. The van der Waals surface area contributed by atoms with Crippen LogP contribution in [0.15, 0.2) is 30.3 Å². The van der Waals surface area contributed by atoms with Crippen molar-refractivity contribution in [1.82, 2.24) is 9.62 Å². The summed E-state index contributed by atoms with van der Waals surface area (Å²) in [5.41, 5.74) is 0.791. The van der Waals surface area contributed by atoms with Crippen LogP contribution in [0.25, 0.3) is 0 Å². The number of alkyl halides is 2. The number of piperidine rings is 1. The van der Waals surface area contributed by atoms with Gasteiger partial charge < -0.3 is 9.64 Å². The number of benzene rings is 1. The molecule has 9 heteroatoms. The van der Waals surface area contributed by atoms with E-state index in [0.29, 0.717) is 0 Å². The molecule has 0 aromatic heterocycles. The number of carbonyl (C=O) groups is 1. The predicted octanol–water partition coefficient (Wildman–Crippen LogP) is 2.46. The maximum atomic E-state index is 14.6. The van der Waals surface area contributed by atoms with Crippen LogP contribution in [0.5, 0.6) is 0 Å². The molecule has 1 N–H and O–H groups in total. The Balaban J connectivity index is 2.09. The lowest BCUT2D eigenvalue weighted by Gasteiger charge is -2.46. The van der Waals surface area contributed by atoms with E-state index in [2.05, 4.69) is 4.72 Å². The highest BCUT2D eigenvalue weighted by Gasteiger charge is 2.54. The number of halogens is 2. The molecule has 146 valence electrons. The number of nitrogens with one attached hydrogen (secondary N) is 1. The second-order valence-corrected chi connectivity index (χ2v) is 8.57. The van der Waals surface area contributed by atoms with Crippen molar-refractivity contribution in [3.8, 4) is 0 Å². The number of rotatable bonds is 5. The van der Waals surface area contributed by atoms with Crippen molar-refractivity contribution in [2.45, 2.75) is 32.4 Å². The van der Waals surface area contributed by atoms with Crippen molar-refractivity contribution in [3.05, 3.63) is 35.9 Å². The lowest BCUT2D eigenvalue weighted by Crippen LogP contribution is -2.61. The van der Waals surface area contributed by atoms with Crippen molar-refractivity contribution in [2.24, 2.45) is 11.8 Å². The highest BCUT2D eigenvalue weighted by molar-refractivity contribution is 7.88. The average molecular weight is 390 g/mol. The Hall–Kier alpha value is -1.74. The summed E-state index contributed by atoms with van der Waals surface area (Å²) in [5, 5.41) is 0. The van der Waals surface area contributed by atoms with Crippen LogP contribution in [-0.2, 0) is 21.4 Å². The first-order chi connectivity index (χ1) is 12.0. The Morgan fingerprint density at radius 2 is 1.92 bits per heavy atom. The zero-order chi connectivity index (χ0) is 19.5. The summed E-state index contributed by atoms with van der Waals surface area (Å²) in [7, 11) is -3.62. The molecular weight excluding hydrogens is 366 g/mol. The van der Waals surface area contributed by atoms with Gasteiger partial charge in [-0.2, -0.15) is 0 Å². The highest BCUT2D eigenvalue weighted by atomic mass is 32.2. The van der Waals surface area contributed by atoms with Gasteiger partial charge >= 0.3 is 6.09 Å². The van der Waals surface area contributed by atoms with Gasteiger partial charge in [-0.1, -0.05) is 37.3 Å². The molecule has 0 radical (unpaired) electrons. The van der Waals surface area contributed by atoms with Crippen LogP contribution in [0.3, 0.4) is 0 Å². The van der Waals surface area contributed by atoms with Crippen LogP contribution in [-0.4, -0.2) is 50.7 Å². The summed E-state index contributed by atoms with van der Waals surface area (Å²) in [6.07, 6.45) is 0.224. The Bertz CT molecular complexity index is 728. The molecule has 1 aromatic carbocycles. The number of amides is 1. The SMILES string of the molecule is CC1C(CNS(C)(=O)=O)C(F)(F)C(C)CN1C(=O)OCc1ccccc1. The van der Waals surface area contributed by atoms with E-state index in [4.69, 9.17) is 4.74 Å². The van der Waals surface area contributed by atoms with E-state index >= 15 is 0 Å². The summed E-state index contributed by atoms with van der Waals surface area (Å²) < 4.78 is 59.1. The van der Waals surface area contributed by atoms with E-state index < -0.39 is 46.5 Å². The Kier molecular flexibility index (Phi) is 6.23. The maximum absolute atomic E-state index is 14.6. The van der Waals surface area contributed by atoms with E-state index in [1.807, 2.05) is 18.2 Å². The molecule has 6 nitrogen and oxygen atoms in total. The number of hydrogen-bond donors (Lipinski definition) is 1. The van der Waals surface area contributed by atoms with E-state index in [1.54, 1.807) is 12.1 Å². The fourth-order valence-electron chi connectivity index (χ4n) is 3.08. The first-order valence-corrected chi connectivity index (χ1v) is 10.2. The minimum Gasteiger partial charge on any atom is -0.445 e. The molecule has 0 spiro atoms. The van der Waals surface area contributed by atoms with Crippen molar-refractivity contribution >= 4 is 16.1 Å². The second kappa shape index (κ2) is 7.87. The standard InChI is InChI=1S/C17H24F2N2O4S/c1-12-10-21(16(22)25-11-14-7-5-4-6-8-14)13(2)15(17(12,18)19)9-20-26(3,23)24/h4-8,12-13,15,20H,9-11H2,1-3H3. The summed E-state index contributed by atoms with van der Waals surface area (Å²) in [6.45, 7) is 2.27. The molecular formula is C17H24F2N2O4S. The number of likely N-dealkylation sites (tertiary alicyclic amines) is 1. The normalized spacial score (nSPS) is 25.7. The van der Waals surface area contributed by atoms with Gasteiger partial charge in [0.25, 0.3) is 5.92 Å². The van der Waals surface area contributed by atoms with Gasteiger partial charge in [0.15, 0.2) is 0 Å². The largest absolute Gasteiger partial charge is 0.445 e. The molecule has 1 saturated heterocycles. The lowest BCUT2D eigenvalue weighted by atomic mass is 9.81. The minimum atomic E-state index is -3.62. The minimum absolute atomic E-state index is 0.0416. The number of carbonyl (C=O) groups excluding carboxylic acids is 1. The van der Waals surface area contributed by atoms with E-state index in [1.165, 1.54) is 18.7 Å². The van der Waals surface area contributed by atoms with Gasteiger partial charge in [0.2, 0.25) is 10.0 Å². The molecule has 1 aromatic rings. The third-order valence-corrected chi connectivity index (χ3v) is 5.39. The number of sulfonamides is 1. The van der Waals surface area contributed by atoms with Crippen LogP contribution in [0.1, 0.15) is 19.4 Å². The topological polar surface area (TPSA) is 75.7 Å². The van der Waals surface area contributed by atoms with Gasteiger partial charge in [0.05, 0.1) is 12.2 Å². The van der Waals surface area contributed by atoms with Crippen LogP contribution in [0, 0.1) is 11.8 Å².